The van der Waals surface area contributed by atoms with E-state index in [9.17, 15) is 18.0 Å². The Morgan fingerprint density at radius 3 is 2.70 bits per heavy atom. The van der Waals surface area contributed by atoms with Crippen LogP contribution in [0, 0.1) is 0 Å². The predicted molar refractivity (Wildman–Crippen MR) is 67.6 cm³/mol. The highest BCUT2D eigenvalue weighted by Crippen LogP contribution is 2.31. The largest absolute Gasteiger partial charge is 0.479 e. The summed E-state index contributed by atoms with van der Waals surface area (Å²) in [5, 5.41) is 13.3. The minimum absolute atomic E-state index is 0.138. The van der Waals surface area contributed by atoms with Crippen LogP contribution in [0.5, 0.6) is 0 Å². The first-order valence-electron chi connectivity index (χ1n) is 5.44. The average molecular weight is 302 g/mol. The lowest BCUT2D eigenvalue weighted by Gasteiger charge is -2.14. The second-order valence-electron chi connectivity index (χ2n) is 3.86. The third-order valence-corrected chi connectivity index (χ3v) is 3.39. The molecule has 0 bridgehead atoms. The summed E-state index contributed by atoms with van der Waals surface area (Å²) in [5.74, 6) is -1.33. The SMILES string of the molecule is O=C(O)C(Nc1cc(C(F)(F)F)ccn1)c1cccs1. The zero-order chi connectivity index (χ0) is 14.8. The Morgan fingerprint density at radius 1 is 1.40 bits per heavy atom. The fourth-order valence-electron chi connectivity index (χ4n) is 1.54. The second-order valence-corrected chi connectivity index (χ2v) is 4.84. The van der Waals surface area contributed by atoms with Crippen molar-refractivity contribution in [2.45, 2.75) is 12.2 Å². The van der Waals surface area contributed by atoms with Crippen molar-refractivity contribution in [1.82, 2.24) is 4.98 Å². The van der Waals surface area contributed by atoms with E-state index in [2.05, 4.69) is 10.3 Å². The van der Waals surface area contributed by atoms with E-state index in [4.69, 9.17) is 5.11 Å². The van der Waals surface area contributed by atoms with Crippen LogP contribution in [0.15, 0.2) is 35.8 Å². The van der Waals surface area contributed by atoms with Crippen molar-refractivity contribution in [3.63, 3.8) is 0 Å². The molecule has 0 amide bonds. The number of halogens is 3. The molecule has 4 nitrogen and oxygen atoms in total. The molecular formula is C12H9F3N2O2S. The second kappa shape index (κ2) is 5.49. The molecule has 2 N–H and O–H groups in total. The third kappa shape index (κ3) is 3.27. The molecule has 2 aromatic rings. The standard InChI is InChI=1S/C12H9F3N2O2S/c13-12(14,15)7-3-4-16-9(6-7)17-10(11(18)19)8-2-1-5-20-8/h1-6,10H,(H,16,17)(H,18,19). The highest BCUT2D eigenvalue weighted by Gasteiger charge is 2.31. The van der Waals surface area contributed by atoms with Gasteiger partial charge < -0.3 is 10.4 Å². The van der Waals surface area contributed by atoms with Crippen molar-refractivity contribution < 1.29 is 23.1 Å². The van der Waals surface area contributed by atoms with Crippen molar-refractivity contribution in [3.8, 4) is 0 Å². The number of carboxylic acids is 1. The fourth-order valence-corrected chi connectivity index (χ4v) is 2.31. The molecule has 0 aliphatic rings. The van der Waals surface area contributed by atoms with E-state index in [-0.39, 0.29) is 5.82 Å². The van der Waals surface area contributed by atoms with Gasteiger partial charge in [-0.3, -0.25) is 0 Å². The molecule has 0 aliphatic carbocycles. The van der Waals surface area contributed by atoms with Gasteiger partial charge in [0, 0.05) is 11.1 Å². The van der Waals surface area contributed by atoms with Crippen LogP contribution in [-0.4, -0.2) is 16.1 Å². The van der Waals surface area contributed by atoms with E-state index in [1.165, 1.54) is 11.3 Å². The van der Waals surface area contributed by atoms with E-state index in [1.807, 2.05) is 0 Å². The first-order chi connectivity index (χ1) is 9.38. The number of carbonyl (C=O) groups is 1. The number of carboxylic acid groups (broad SMARTS) is 1. The van der Waals surface area contributed by atoms with Gasteiger partial charge in [-0.05, 0) is 23.6 Å². The summed E-state index contributed by atoms with van der Waals surface area (Å²) in [4.78, 5) is 15.4. The van der Waals surface area contributed by atoms with Gasteiger partial charge in [0.25, 0.3) is 0 Å². The maximum Gasteiger partial charge on any atom is 0.416 e. The zero-order valence-electron chi connectivity index (χ0n) is 9.89. The zero-order valence-corrected chi connectivity index (χ0v) is 10.7. The Bertz CT molecular complexity index is 599. The summed E-state index contributed by atoms with van der Waals surface area (Å²) in [6.45, 7) is 0. The molecule has 0 fully saturated rings. The lowest BCUT2D eigenvalue weighted by molar-refractivity contribution is -0.138. The number of thiophene rings is 1. The summed E-state index contributed by atoms with van der Waals surface area (Å²) < 4.78 is 37.7. The van der Waals surface area contributed by atoms with E-state index in [1.54, 1.807) is 17.5 Å². The molecule has 0 radical (unpaired) electrons. The molecule has 8 heteroatoms. The van der Waals surface area contributed by atoms with E-state index in [0.717, 1.165) is 18.3 Å². The van der Waals surface area contributed by atoms with Gasteiger partial charge >= 0.3 is 12.1 Å². The van der Waals surface area contributed by atoms with Crippen molar-refractivity contribution in [3.05, 3.63) is 46.3 Å². The molecule has 0 spiro atoms. The quantitative estimate of drug-likeness (QED) is 0.908. The van der Waals surface area contributed by atoms with Crippen molar-refractivity contribution in [2.24, 2.45) is 0 Å². The van der Waals surface area contributed by atoms with Crippen LogP contribution in [0.2, 0.25) is 0 Å². The number of pyridine rings is 1. The number of nitrogens with one attached hydrogen (secondary N) is 1. The summed E-state index contributed by atoms with van der Waals surface area (Å²) in [7, 11) is 0. The Hall–Kier alpha value is -2.09. The van der Waals surface area contributed by atoms with Gasteiger partial charge in [0.1, 0.15) is 5.82 Å². The van der Waals surface area contributed by atoms with Gasteiger partial charge in [-0.15, -0.1) is 11.3 Å². The minimum Gasteiger partial charge on any atom is -0.479 e. The lowest BCUT2D eigenvalue weighted by atomic mass is 10.2. The monoisotopic (exact) mass is 302 g/mol. The van der Waals surface area contributed by atoms with Crippen molar-refractivity contribution >= 4 is 23.1 Å². The molecule has 106 valence electrons. The van der Waals surface area contributed by atoms with Gasteiger partial charge in [0.05, 0.1) is 5.56 Å². The van der Waals surface area contributed by atoms with Gasteiger partial charge in [-0.2, -0.15) is 13.2 Å². The molecule has 0 aromatic carbocycles. The topological polar surface area (TPSA) is 62.2 Å². The van der Waals surface area contributed by atoms with Crippen LogP contribution >= 0.6 is 11.3 Å². The van der Waals surface area contributed by atoms with Gasteiger partial charge in [0.2, 0.25) is 0 Å². The van der Waals surface area contributed by atoms with Crippen LogP contribution in [0.3, 0.4) is 0 Å². The van der Waals surface area contributed by atoms with Crippen LogP contribution in [0.1, 0.15) is 16.5 Å². The Kier molecular flexibility index (Phi) is 3.93. The van der Waals surface area contributed by atoms with Gasteiger partial charge in [-0.25, -0.2) is 9.78 Å². The molecule has 1 unspecified atom stereocenters. The number of rotatable bonds is 4. The van der Waals surface area contributed by atoms with Gasteiger partial charge in [-0.1, -0.05) is 6.07 Å². The molecule has 2 heterocycles. The first-order valence-corrected chi connectivity index (χ1v) is 6.32. The number of alkyl halides is 3. The fraction of sp³-hybridized carbons (Fsp3) is 0.167. The summed E-state index contributed by atoms with van der Waals surface area (Å²) >= 11 is 1.20. The number of hydrogen-bond donors (Lipinski definition) is 2. The van der Waals surface area contributed by atoms with Crippen molar-refractivity contribution in [1.29, 1.82) is 0 Å². The molecule has 1 atom stereocenters. The highest BCUT2D eigenvalue weighted by atomic mass is 32.1. The summed E-state index contributed by atoms with van der Waals surface area (Å²) in [5.41, 5.74) is -0.884. The highest BCUT2D eigenvalue weighted by molar-refractivity contribution is 7.10. The third-order valence-electron chi connectivity index (χ3n) is 2.45. The number of hydrogen-bond acceptors (Lipinski definition) is 4. The maximum absolute atomic E-state index is 12.6. The van der Waals surface area contributed by atoms with Crippen LogP contribution < -0.4 is 5.32 Å². The normalized spacial score (nSPS) is 12.9. The summed E-state index contributed by atoms with van der Waals surface area (Å²) in [6, 6.07) is 3.72. The molecule has 0 aliphatic heterocycles. The molecule has 2 rings (SSSR count). The molecule has 20 heavy (non-hydrogen) atoms. The first kappa shape index (κ1) is 14.3. The van der Waals surface area contributed by atoms with Crippen LogP contribution in [-0.2, 0) is 11.0 Å². The Labute approximate surface area is 115 Å². The summed E-state index contributed by atoms with van der Waals surface area (Å²) in [6.07, 6.45) is -3.51. The lowest BCUT2D eigenvalue weighted by Crippen LogP contribution is -2.20. The maximum atomic E-state index is 12.6. The molecule has 2 aromatic heterocycles. The van der Waals surface area contributed by atoms with E-state index >= 15 is 0 Å². The van der Waals surface area contributed by atoms with E-state index < -0.39 is 23.8 Å². The Balaban J connectivity index is 2.26. The minimum atomic E-state index is -4.50. The van der Waals surface area contributed by atoms with Crippen LogP contribution in [0.4, 0.5) is 19.0 Å². The number of nitrogens with zero attached hydrogens (tertiary/aromatic N) is 1. The van der Waals surface area contributed by atoms with Crippen LogP contribution in [0.25, 0.3) is 0 Å². The predicted octanol–water partition coefficient (Wildman–Crippen LogP) is 3.40. The average Bonchev–Trinajstić information content (AvgIpc) is 2.88. The number of aliphatic carboxylic acids is 1. The smallest absolute Gasteiger partial charge is 0.416 e. The van der Waals surface area contributed by atoms with Gasteiger partial charge in [0.15, 0.2) is 6.04 Å². The van der Waals surface area contributed by atoms with E-state index in [0.29, 0.717) is 4.88 Å². The van der Waals surface area contributed by atoms with Crippen molar-refractivity contribution in [2.75, 3.05) is 5.32 Å². The Morgan fingerprint density at radius 2 is 2.15 bits per heavy atom. The molecular weight excluding hydrogens is 293 g/mol. The molecule has 0 saturated carbocycles. The number of aromatic nitrogens is 1. The number of anilines is 1. The molecule has 0 saturated heterocycles.